The van der Waals surface area contributed by atoms with E-state index in [-0.39, 0.29) is 5.91 Å². The molecule has 5 heterocycles. The first-order valence-electron chi connectivity index (χ1n) is 11.0. The molecule has 170 valence electrons. The number of carbonyl (C=O) groups is 1. The number of benzene rings is 1. The van der Waals surface area contributed by atoms with Crippen LogP contribution in [0.3, 0.4) is 0 Å². The number of carbonyl (C=O) groups excluding carboxylic acids is 1. The number of aromatic nitrogens is 4. The van der Waals surface area contributed by atoms with Gasteiger partial charge in [0.1, 0.15) is 0 Å². The van der Waals surface area contributed by atoms with Gasteiger partial charge in [-0.2, -0.15) is 0 Å². The number of amides is 1. The van der Waals surface area contributed by atoms with Crippen LogP contribution < -0.4 is 5.32 Å². The van der Waals surface area contributed by atoms with Gasteiger partial charge in [-0.1, -0.05) is 36.9 Å². The highest BCUT2D eigenvalue weighted by Crippen LogP contribution is 2.45. The van der Waals surface area contributed by atoms with Crippen molar-refractivity contribution in [3.63, 3.8) is 0 Å². The molecule has 0 bridgehead atoms. The van der Waals surface area contributed by atoms with E-state index in [0.717, 1.165) is 11.0 Å². The summed E-state index contributed by atoms with van der Waals surface area (Å²) in [6.45, 7) is 7.49. The van der Waals surface area contributed by atoms with Crippen molar-refractivity contribution in [2.45, 2.75) is 11.7 Å². The van der Waals surface area contributed by atoms with Gasteiger partial charge in [0.2, 0.25) is 17.4 Å². The average molecular weight is 461 g/mol. The Bertz CT molecular complexity index is 1540. The van der Waals surface area contributed by atoms with E-state index >= 15 is 0 Å². The summed E-state index contributed by atoms with van der Waals surface area (Å²) in [5.41, 5.74) is 1.51. The molecule has 1 N–H and O–H groups in total. The molecule has 2 aliphatic heterocycles. The van der Waals surface area contributed by atoms with E-state index in [4.69, 9.17) is 9.98 Å². The van der Waals surface area contributed by atoms with Crippen LogP contribution in [0.1, 0.15) is 17.6 Å². The van der Waals surface area contributed by atoms with E-state index in [2.05, 4.69) is 33.6 Å². The summed E-state index contributed by atoms with van der Waals surface area (Å²) in [6, 6.07) is 18.7. The van der Waals surface area contributed by atoms with Crippen LogP contribution in [0.2, 0.25) is 0 Å². The zero-order chi connectivity index (χ0) is 24.0. The third kappa shape index (κ3) is 2.88. The molecule has 0 spiro atoms. The van der Waals surface area contributed by atoms with Crippen molar-refractivity contribution >= 4 is 35.6 Å². The fraction of sp³-hybridized carbons (Fsp3) is 0.0769. The van der Waals surface area contributed by atoms with Crippen LogP contribution in [0, 0.1) is 0 Å². The molecule has 35 heavy (non-hydrogen) atoms. The zero-order valence-electron chi connectivity index (χ0n) is 18.6. The summed E-state index contributed by atoms with van der Waals surface area (Å²) in [4.78, 5) is 39.0. The standard InChI is InChI=1S/C26H20N8O/c1-3-10-20(27-2)26(21-14-7-9-16-29-21)23(35)34-22(18-12-6-8-15-28-18)33-19-13-5-4-11-17(19)30-24(33)31-25(34)32-26/h3-16,22H,1-2H2,(H,30,31,32)/b20-10-/t22-,26?/m0/s1. The molecule has 1 unspecified atom stereocenters. The topological polar surface area (TPSA) is 101 Å². The average Bonchev–Trinajstić information content (AvgIpc) is 3.42. The Labute approximate surface area is 200 Å². The number of guanidine groups is 1. The van der Waals surface area contributed by atoms with Crippen molar-refractivity contribution in [3.8, 4) is 0 Å². The maximum Gasteiger partial charge on any atom is 0.271 e. The van der Waals surface area contributed by atoms with Gasteiger partial charge < -0.3 is 0 Å². The molecule has 0 saturated heterocycles. The first-order valence-corrected chi connectivity index (χ1v) is 11.0. The van der Waals surface area contributed by atoms with Gasteiger partial charge in [0.15, 0.2) is 6.17 Å². The molecular weight excluding hydrogens is 440 g/mol. The molecule has 2 atom stereocenters. The SMILES string of the molecule is C=C/C=C(\N=C)C1(c2ccccn2)N=C2Nc3nc4ccccc4n3[C@H](c3ccccn3)N2C1=O. The first kappa shape index (κ1) is 20.7. The lowest BCUT2D eigenvalue weighted by Crippen LogP contribution is -2.50. The lowest BCUT2D eigenvalue weighted by molar-refractivity contribution is -0.132. The largest absolute Gasteiger partial charge is 0.295 e. The van der Waals surface area contributed by atoms with Crippen molar-refractivity contribution in [1.29, 1.82) is 0 Å². The summed E-state index contributed by atoms with van der Waals surface area (Å²) in [7, 11) is 0. The van der Waals surface area contributed by atoms with Crippen LogP contribution in [-0.2, 0) is 10.3 Å². The fourth-order valence-electron chi connectivity index (χ4n) is 4.68. The number of nitrogens with one attached hydrogen (secondary N) is 1. The van der Waals surface area contributed by atoms with Crippen LogP contribution in [0.5, 0.6) is 0 Å². The molecule has 0 aliphatic carbocycles. The number of aliphatic imine (C=N–C) groups is 2. The third-order valence-corrected chi connectivity index (χ3v) is 6.14. The quantitative estimate of drug-likeness (QED) is 0.362. The molecule has 9 heteroatoms. The number of imidazole rings is 1. The minimum absolute atomic E-state index is 0.321. The minimum Gasteiger partial charge on any atom is -0.295 e. The molecule has 0 radical (unpaired) electrons. The van der Waals surface area contributed by atoms with Crippen molar-refractivity contribution in [3.05, 3.63) is 109 Å². The Kier molecular flexibility index (Phi) is 4.63. The maximum atomic E-state index is 14.5. The Hall–Kier alpha value is -4.92. The van der Waals surface area contributed by atoms with Gasteiger partial charge in [-0.25, -0.2) is 9.98 Å². The third-order valence-electron chi connectivity index (χ3n) is 6.14. The van der Waals surface area contributed by atoms with Gasteiger partial charge in [-0.05, 0) is 49.2 Å². The monoisotopic (exact) mass is 460 g/mol. The van der Waals surface area contributed by atoms with E-state index in [1.165, 1.54) is 0 Å². The number of fused-ring (bicyclic) bond motifs is 4. The summed E-state index contributed by atoms with van der Waals surface area (Å²) in [5, 5.41) is 3.26. The highest BCUT2D eigenvalue weighted by atomic mass is 16.2. The van der Waals surface area contributed by atoms with Crippen molar-refractivity contribution in [2.75, 3.05) is 5.32 Å². The second-order valence-electron chi connectivity index (χ2n) is 8.03. The van der Waals surface area contributed by atoms with Gasteiger partial charge in [0.05, 0.1) is 28.1 Å². The number of allylic oxidation sites excluding steroid dienone is 2. The molecular formula is C26H20N8O. The zero-order valence-corrected chi connectivity index (χ0v) is 18.6. The molecule has 1 aromatic carbocycles. The second kappa shape index (κ2) is 7.84. The highest BCUT2D eigenvalue weighted by Gasteiger charge is 2.57. The lowest BCUT2D eigenvalue weighted by atomic mass is 9.89. The van der Waals surface area contributed by atoms with E-state index in [1.807, 2.05) is 53.1 Å². The van der Waals surface area contributed by atoms with E-state index in [1.54, 1.807) is 41.6 Å². The molecule has 2 aliphatic rings. The smallest absolute Gasteiger partial charge is 0.271 e. The van der Waals surface area contributed by atoms with E-state index < -0.39 is 11.7 Å². The summed E-state index contributed by atoms with van der Waals surface area (Å²) in [6.07, 6.45) is 5.88. The van der Waals surface area contributed by atoms with Crippen LogP contribution in [0.15, 0.2) is 107 Å². The second-order valence-corrected chi connectivity index (χ2v) is 8.03. The van der Waals surface area contributed by atoms with Crippen molar-refractivity contribution < 1.29 is 4.79 Å². The van der Waals surface area contributed by atoms with Crippen LogP contribution in [0.25, 0.3) is 11.0 Å². The van der Waals surface area contributed by atoms with Gasteiger partial charge in [-0.3, -0.25) is 34.5 Å². The summed E-state index contributed by atoms with van der Waals surface area (Å²) < 4.78 is 1.96. The molecule has 0 fully saturated rings. The van der Waals surface area contributed by atoms with Gasteiger partial charge >= 0.3 is 0 Å². The molecule has 3 aromatic heterocycles. The number of anilines is 1. The lowest BCUT2D eigenvalue weighted by Gasteiger charge is -2.36. The molecule has 4 aromatic rings. The Balaban J connectivity index is 1.64. The maximum absolute atomic E-state index is 14.5. The molecule has 1 amide bonds. The number of rotatable bonds is 5. The predicted molar refractivity (Wildman–Crippen MR) is 134 cm³/mol. The molecule has 9 nitrogen and oxygen atoms in total. The fourth-order valence-corrected chi connectivity index (χ4v) is 4.68. The van der Waals surface area contributed by atoms with Crippen LogP contribution >= 0.6 is 0 Å². The van der Waals surface area contributed by atoms with Gasteiger partial charge in [-0.15, -0.1) is 0 Å². The summed E-state index contributed by atoms with van der Waals surface area (Å²) in [5.74, 6) is 0.554. The number of nitrogens with zero attached hydrogens (tertiary/aromatic N) is 7. The molecule has 6 rings (SSSR count). The Morgan fingerprint density at radius 3 is 2.54 bits per heavy atom. The van der Waals surface area contributed by atoms with Crippen molar-refractivity contribution in [2.24, 2.45) is 9.98 Å². The van der Waals surface area contributed by atoms with Gasteiger partial charge in [0.25, 0.3) is 5.91 Å². The van der Waals surface area contributed by atoms with Crippen LogP contribution in [0.4, 0.5) is 5.95 Å². The number of hydrogen-bond donors (Lipinski definition) is 1. The van der Waals surface area contributed by atoms with E-state index in [9.17, 15) is 4.79 Å². The van der Waals surface area contributed by atoms with Gasteiger partial charge in [0, 0.05) is 12.4 Å². The predicted octanol–water partition coefficient (Wildman–Crippen LogP) is 3.66. The highest BCUT2D eigenvalue weighted by molar-refractivity contribution is 6.15. The summed E-state index contributed by atoms with van der Waals surface area (Å²) >= 11 is 0. The van der Waals surface area contributed by atoms with Crippen LogP contribution in [-0.4, -0.2) is 43.0 Å². The Morgan fingerprint density at radius 1 is 1.06 bits per heavy atom. The normalized spacial score (nSPS) is 21.2. The minimum atomic E-state index is -1.55. The number of hydrogen-bond acceptors (Lipinski definition) is 7. The van der Waals surface area contributed by atoms with E-state index in [0.29, 0.717) is 29.0 Å². The molecule has 0 saturated carbocycles. The number of para-hydroxylation sites is 2. The Morgan fingerprint density at radius 2 is 1.83 bits per heavy atom. The number of pyridine rings is 2. The first-order chi connectivity index (χ1) is 17.2. The van der Waals surface area contributed by atoms with Crippen molar-refractivity contribution in [1.82, 2.24) is 24.4 Å².